The van der Waals surface area contributed by atoms with Crippen LogP contribution >= 0.6 is 0 Å². The van der Waals surface area contributed by atoms with Crippen molar-refractivity contribution in [3.05, 3.63) is 63.0 Å². The summed E-state index contributed by atoms with van der Waals surface area (Å²) in [7, 11) is 0. The SMILES string of the molecule is CCc1cc(=O)oc2c(C)c3c(cc12)CN(Cc1ccc2c(c1)OCO2)CO3. The molecule has 3 aromatic rings. The lowest BCUT2D eigenvalue weighted by atomic mass is 9.99. The fraction of sp³-hybridized carbons (Fsp3) is 0.318. The maximum atomic E-state index is 11.9. The van der Waals surface area contributed by atoms with Crippen LogP contribution in [-0.4, -0.2) is 18.4 Å². The van der Waals surface area contributed by atoms with Gasteiger partial charge in [-0.3, -0.25) is 4.90 Å². The van der Waals surface area contributed by atoms with Crippen LogP contribution in [-0.2, 0) is 19.5 Å². The van der Waals surface area contributed by atoms with Gasteiger partial charge < -0.3 is 18.6 Å². The Bertz CT molecular complexity index is 1130. The second-order valence-electron chi connectivity index (χ2n) is 7.26. The first-order valence-electron chi connectivity index (χ1n) is 9.45. The van der Waals surface area contributed by atoms with Crippen LogP contribution in [0.15, 0.2) is 39.5 Å². The molecule has 6 nitrogen and oxygen atoms in total. The standard InChI is InChI=1S/C22H21NO5/c1-3-15-8-20(24)28-22-13(2)21-16(7-17(15)22)10-23(11-25-21)9-14-4-5-18-19(6-14)27-12-26-18/h4-8H,3,9-12H2,1-2H3. The number of ether oxygens (including phenoxy) is 3. The first-order valence-corrected chi connectivity index (χ1v) is 9.45. The first kappa shape index (κ1) is 17.1. The second-order valence-corrected chi connectivity index (χ2v) is 7.26. The number of fused-ring (bicyclic) bond motifs is 3. The molecule has 1 aromatic heterocycles. The third kappa shape index (κ3) is 2.81. The van der Waals surface area contributed by atoms with E-state index in [2.05, 4.69) is 17.0 Å². The Morgan fingerprint density at radius 3 is 2.79 bits per heavy atom. The summed E-state index contributed by atoms with van der Waals surface area (Å²) < 4.78 is 22.4. The molecule has 0 amide bonds. The van der Waals surface area contributed by atoms with E-state index in [4.69, 9.17) is 18.6 Å². The summed E-state index contributed by atoms with van der Waals surface area (Å²) in [6.07, 6.45) is 0.780. The average Bonchev–Trinajstić information content (AvgIpc) is 3.16. The number of hydrogen-bond acceptors (Lipinski definition) is 6. The zero-order chi connectivity index (χ0) is 19.3. The Morgan fingerprint density at radius 2 is 1.93 bits per heavy atom. The molecule has 5 rings (SSSR count). The maximum absolute atomic E-state index is 11.9. The zero-order valence-corrected chi connectivity index (χ0v) is 15.9. The van der Waals surface area contributed by atoms with Gasteiger partial charge in [0, 0.05) is 35.7 Å². The Morgan fingerprint density at radius 1 is 1.07 bits per heavy atom. The van der Waals surface area contributed by atoms with E-state index in [1.54, 1.807) is 6.07 Å². The van der Waals surface area contributed by atoms with E-state index in [0.717, 1.165) is 64.4 Å². The van der Waals surface area contributed by atoms with Gasteiger partial charge in [-0.1, -0.05) is 13.0 Å². The van der Waals surface area contributed by atoms with E-state index in [1.807, 2.05) is 26.0 Å². The zero-order valence-electron chi connectivity index (χ0n) is 15.9. The van der Waals surface area contributed by atoms with Crippen LogP contribution in [0, 0.1) is 6.92 Å². The van der Waals surface area contributed by atoms with Crippen LogP contribution in [0.3, 0.4) is 0 Å². The van der Waals surface area contributed by atoms with Crippen LogP contribution < -0.4 is 19.8 Å². The van der Waals surface area contributed by atoms with Gasteiger partial charge in [-0.2, -0.15) is 0 Å². The van der Waals surface area contributed by atoms with E-state index in [-0.39, 0.29) is 12.4 Å². The molecule has 3 heterocycles. The normalized spacial score (nSPS) is 15.5. The van der Waals surface area contributed by atoms with Crippen molar-refractivity contribution in [2.45, 2.75) is 33.4 Å². The van der Waals surface area contributed by atoms with Crippen molar-refractivity contribution in [1.29, 1.82) is 0 Å². The predicted molar refractivity (Wildman–Crippen MR) is 104 cm³/mol. The van der Waals surface area contributed by atoms with Crippen molar-refractivity contribution >= 4 is 11.0 Å². The van der Waals surface area contributed by atoms with E-state index < -0.39 is 0 Å². The van der Waals surface area contributed by atoms with Crippen LogP contribution in [0.2, 0.25) is 0 Å². The summed E-state index contributed by atoms with van der Waals surface area (Å²) in [6.45, 7) is 6.27. The van der Waals surface area contributed by atoms with Crippen LogP contribution in [0.4, 0.5) is 0 Å². The highest BCUT2D eigenvalue weighted by Gasteiger charge is 2.23. The van der Waals surface area contributed by atoms with Crippen molar-refractivity contribution in [1.82, 2.24) is 4.90 Å². The van der Waals surface area contributed by atoms with Crippen molar-refractivity contribution in [2.75, 3.05) is 13.5 Å². The number of nitrogens with zero attached hydrogens (tertiary/aromatic N) is 1. The molecule has 6 heteroatoms. The van der Waals surface area contributed by atoms with Crippen molar-refractivity contribution in [3.63, 3.8) is 0 Å². The first-order chi connectivity index (χ1) is 13.6. The molecular weight excluding hydrogens is 358 g/mol. The highest BCUT2D eigenvalue weighted by molar-refractivity contribution is 5.86. The average molecular weight is 379 g/mol. The molecule has 2 aromatic carbocycles. The molecule has 2 aliphatic heterocycles. The molecule has 0 spiro atoms. The number of benzene rings is 2. The lowest BCUT2D eigenvalue weighted by Gasteiger charge is -2.30. The highest BCUT2D eigenvalue weighted by Crippen LogP contribution is 2.37. The topological polar surface area (TPSA) is 61.1 Å². The summed E-state index contributed by atoms with van der Waals surface area (Å²) >= 11 is 0. The van der Waals surface area contributed by atoms with Gasteiger partial charge in [0.05, 0.1) is 0 Å². The minimum absolute atomic E-state index is 0.279. The molecule has 0 N–H and O–H groups in total. The highest BCUT2D eigenvalue weighted by atomic mass is 16.7. The molecule has 0 bridgehead atoms. The molecule has 0 atom stereocenters. The van der Waals surface area contributed by atoms with Gasteiger partial charge in [0.15, 0.2) is 11.5 Å². The van der Waals surface area contributed by atoms with Crippen molar-refractivity contribution in [3.8, 4) is 17.2 Å². The molecule has 28 heavy (non-hydrogen) atoms. The number of hydrogen-bond donors (Lipinski definition) is 0. The van der Waals surface area contributed by atoms with Gasteiger partial charge in [-0.05, 0) is 42.7 Å². The quantitative estimate of drug-likeness (QED) is 0.646. The molecule has 0 fully saturated rings. The Labute approximate surface area is 162 Å². The van der Waals surface area contributed by atoms with Crippen LogP contribution in [0.5, 0.6) is 17.2 Å². The van der Waals surface area contributed by atoms with E-state index in [1.165, 1.54) is 0 Å². The smallest absolute Gasteiger partial charge is 0.336 e. The van der Waals surface area contributed by atoms with Crippen molar-refractivity contribution < 1.29 is 18.6 Å². The molecular formula is C22H21NO5. The van der Waals surface area contributed by atoms with E-state index >= 15 is 0 Å². The summed E-state index contributed by atoms with van der Waals surface area (Å²) in [5.41, 5.74) is 4.47. The van der Waals surface area contributed by atoms with Gasteiger partial charge >= 0.3 is 5.63 Å². The molecule has 0 aliphatic carbocycles. The molecule has 0 radical (unpaired) electrons. The monoisotopic (exact) mass is 379 g/mol. The largest absolute Gasteiger partial charge is 0.477 e. The summed E-state index contributed by atoms with van der Waals surface area (Å²) in [5.74, 6) is 2.41. The number of rotatable bonds is 3. The Hall–Kier alpha value is -2.99. The van der Waals surface area contributed by atoms with Crippen LogP contribution in [0.1, 0.15) is 29.2 Å². The Kier molecular flexibility index (Phi) is 4.02. The molecule has 0 saturated heterocycles. The molecule has 0 unspecified atom stereocenters. The summed E-state index contributed by atoms with van der Waals surface area (Å²) in [4.78, 5) is 14.1. The number of aryl methyl sites for hydroxylation is 2. The lowest BCUT2D eigenvalue weighted by Crippen LogP contribution is -2.32. The fourth-order valence-corrected chi connectivity index (χ4v) is 4.02. The van der Waals surface area contributed by atoms with Gasteiger partial charge in [0.25, 0.3) is 0 Å². The molecule has 2 aliphatic rings. The molecule has 0 saturated carbocycles. The third-order valence-corrected chi connectivity index (χ3v) is 5.39. The fourth-order valence-electron chi connectivity index (χ4n) is 4.02. The third-order valence-electron chi connectivity index (χ3n) is 5.39. The van der Waals surface area contributed by atoms with E-state index in [0.29, 0.717) is 12.3 Å². The summed E-state index contributed by atoms with van der Waals surface area (Å²) in [5, 5.41) is 0.992. The maximum Gasteiger partial charge on any atom is 0.336 e. The minimum atomic E-state index is -0.312. The molecule has 144 valence electrons. The van der Waals surface area contributed by atoms with Gasteiger partial charge in [-0.25, -0.2) is 4.79 Å². The summed E-state index contributed by atoms with van der Waals surface area (Å²) in [6, 6.07) is 9.71. The predicted octanol–water partition coefficient (Wildman–Crippen LogP) is 3.74. The van der Waals surface area contributed by atoms with Crippen LogP contribution in [0.25, 0.3) is 11.0 Å². The second kappa shape index (κ2) is 6.56. The van der Waals surface area contributed by atoms with E-state index in [9.17, 15) is 4.79 Å². The van der Waals surface area contributed by atoms with Gasteiger partial charge in [0.1, 0.15) is 18.1 Å². The Balaban J connectivity index is 1.47. The van der Waals surface area contributed by atoms with Crippen molar-refractivity contribution in [2.24, 2.45) is 0 Å². The van der Waals surface area contributed by atoms with Gasteiger partial charge in [-0.15, -0.1) is 0 Å². The minimum Gasteiger partial charge on any atom is -0.477 e. The lowest BCUT2D eigenvalue weighted by molar-refractivity contribution is 0.0880. The van der Waals surface area contributed by atoms with Gasteiger partial charge in [0.2, 0.25) is 6.79 Å².